The lowest BCUT2D eigenvalue weighted by Crippen LogP contribution is -2.36. The molecule has 1 amide bonds. The van der Waals surface area contributed by atoms with Crippen molar-refractivity contribution in [1.29, 1.82) is 0 Å². The van der Waals surface area contributed by atoms with Crippen LogP contribution in [0.15, 0.2) is 24.5 Å². The Morgan fingerprint density at radius 1 is 1.69 bits per heavy atom. The molecular formula is C12H16N2OS. The van der Waals surface area contributed by atoms with E-state index >= 15 is 0 Å². The van der Waals surface area contributed by atoms with Gasteiger partial charge in [-0.05, 0) is 25.0 Å². The Kier molecular flexibility index (Phi) is 3.49. The van der Waals surface area contributed by atoms with Crippen LogP contribution >= 0.6 is 12.6 Å². The van der Waals surface area contributed by atoms with Crippen LogP contribution in [0.3, 0.4) is 0 Å². The van der Waals surface area contributed by atoms with Crippen molar-refractivity contribution in [2.45, 2.75) is 31.1 Å². The zero-order valence-electron chi connectivity index (χ0n) is 9.34. The summed E-state index contributed by atoms with van der Waals surface area (Å²) in [5.74, 6) is 0.219. The number of carbonyl (C=O) groups excluding carboxylic acids is 1. The third-order valence-electron chi connectivity index (χ3n) is 2.92. The summed E-state index contributed by atoms with van der Waals surface area (Å²) in [6, 6.07) is 4.20. The minimum absolute atomic E-state index is 0.198. The van der Waals surface area contributed by atoms with E-state index in [1.165, 1.54) is 5.56 Å². The van der Waals surface area contributed by atoms with Gasteiger partial charge in [-0.3, -0.25) is 9.78 Å². The van der Waals surface area contributed by atoms with E-state index in [1.54, 1.807) is 6.20 Å². The molecule has 16 heavy (non-hydrogen) atoms. The number of amides is 1. The van der Waals surface area contributed by atoms with Gasteiger partial charge < -0.3 is 4.90 Å². The Morgan fingerprint density at radius 2 is 2.50 bits per heavy atom. The first-order valence-electron chi connectivity index (χ1n) is 5.53. The van der Waals surface area contributed by atoms with Gasteiger partial charge in [0.05, 0.1) is 0 Å². The number of hydrogen-bond donors (Lipinski definition) is 1. The summed E-state index contributed by atoms with van der Waals surface area (Å²) in [6.45, 7) is 2.85. The van der Waals surface area contributed by atoms with Gasteiger partial charge in [0.1, 0.15) is 0 Å². The Labute approximate surface area is 101 Å². The number of nitrogens with zero attached hydrogens (tertiary/aromatic N) is 2. The minimum Gasteiger partial charge on any atom is -0.339 e. The second kappa shape index (κ2) is 4.87. The van der Waals surface area contributed by atoms with Gasteiger partial charge in [-0.2, -0.15) is 12.6 Å². The van der Waals surface area contributed by atoms with Crippen LogP contribution in [0.25, 0.3) is 0 Å². The van der Waals surface area contributed by atoms with Crippen LogP contribution in [0.4, 0.5) is 0 Å². The van der Waals surface area contributed by atoms with Crippen LogP contribution in [0.5, 0.6) is 0 Å². The van der Waals surface area contributed by atoms with E-state index in [-0.39, 0.29) is 17.2 Å². The first-order valence-corrected chi connectivity index (χ1v) is 6.05. The molecule has 1 aliphatic heterocycles. The van der Waals surface area contributed by atoms with Gasteiger partial charge in [0.25, 0.3) is 0 Å². The molecule has 1 aliphatic rings. The summed E-state index contributed by atoms with van der Waals surface area (Å²) in [4.78, 5) is 17.7. The molecule has 1 fully saturated rings. The van der Waals surface area contributed by atoms with Crippen molar-refractivity contribution in [2.75, 3.05) is 6.54 Å². The number of aromatic nitrogens is 1. The van der Waals surface area contributed by atoms with Crippen LogP contribution in [0, 0.1) is 0 Å². The first kappa shape index (κ1) is 11.5. The number of carbonyl (C=O) groups is 1. The zero-order chi connectivity index (χ0) is 11.5. The standard InChI is InChI=1S/C12H16N2OS/c1-9(5-10-3-2-4-13-7-10)14-8-11(16)6-12(14)15/h2-4,7,9,11,16H,5-6,8H2,1H3. The van der Waals surface area contributed by atoms with Gasteiger partial charge in [-0.25, -0.2) is 0 Å². The van der Waals surface area contributed by atoms with Gasteiger partial charge in [-0.1, -0.05) is 6.07 Å². The molecule has 2 rings (SSSR count). The molecule has 4 heteroatoms. The van der Waals surface area contributed by atoms with Gasteiger partial charge >= 0.3 is 0 Å². The number of pyridine rings is 1. The topological polar surface area (TPSA) is 33.2 Å². The Hall–Kier alpha value is -1.03. The molecule has 0 aromatic carbocycles. The molecule has 1 aromatic rings. The summed E-state index contributed by atoms with van der Waals surface area (Å²) in [5.41, 5.74) is 1.17. The molecule has 2 unspecified atom stereocenters. The average molecular weight is 236 g/mol. The largest absolute Gasteiger partial charge is 0.339 e. The summed E-state index contributed by atoms with van der Waals surface area (Å²) in [7, 11) is 0. The molecule has 2 heterocycles. The van der Waals surface area contributed by atoms with E-state index in [9.17, 15) is 4.79 Å². The maximum Gasteiger partial charge on any atom is 0.224 e. The van der Waals surface area contributed by atoms with Crippen LogP contribution in [0.1, 0.15) is 18.9 Å². The Morgan fingerprint density at radius 3 is 3.06 bits per heavy atom. The number of hydrogen-bond acceptors (Lipinski definition) is 3. The lowest BCUT2D eigenvalue weighted by atomic mass is 10.1. The van der Waals surface area contributed by atoms with Gasteiger partial charge in [0.15, 0.2) is 0 Å². The monoisotopic (exact) mass is 236 g/mol. The molecule has 0 aliphatic carbocycles. The summed E-state index contributed by atoms with van der Waals surface area (Å²) >= 11 is 4.36. The molecule has 1 saturated heterocycles. The summed E-state index contributed by atoms with van der Waals surface area (Å²) < 4.78 is 0. The maximum atomic E-state index is 11.7. The zero-order valence-corrected chi connectivity index (χ0v) is 10.2. The first-order chi connectivity index (χ1) is 7.66. The quantitative estimate of drug-likeness (QED) is 0.808. The van der Waals surface area contributed by atoms with E-state index in [2.05, 4.69) is 24.5 Å². The molecule has 0 spiro atoms. The highest BCUT2D eigenvalue weighted by Crippen LogP contribution is 2.20. The fraction of sp³-hybridized carbons (Fsp3) is 0.500. The molecule has 1 aromatic heterocycles. The van der Waals surface area contributed by atoms with Crippen molar-refractivity contribution < 1.29 is 4.79 Å². The summed E-state index contributed by atoms with van der Waals surface area (Å²) in [5, 5.41) is 0.198. The number of likely N-dealkylation sites (tertiary alicyclic amines) is 1. The highest BCUT2D eigenvalue weighted by Gasteiger charge is 2.30. The van der Waals surface area contributed by atoms with E-state index in [4.69, 9.17) is 0 Å². The van der Waals surface area contributed by atoms with Crippen LogP contribution < -0.4 is 0 Å². The van der Waals surface area contributed by atoms with Gasteiger partial charge in [0, 0.05) is 36.7 Å². The van der Waals surface area contributed by atoms with Crippen molar-refractivity contribution in [2.24, 2.45) is 0 Å². The SMILES string of the molecule is CC(Cc1cccnc1)N1CC(S)CC1=O. The molecular weight excluding hydrogens is 220 g/mol. The Bertz CT molecular complexity index is 369. The predicted molar refractivity (Wildman–Crippen MR) is 66.5 cm³/mol. The predicted octanol–water partition coefficient (Wildman–Crippen LogP) is 1.54. The molecule has 3 nitrogen and oxygen atoms in total. The van der Waals surface area contributed by atoms with E-state index in [0.717, 1.165) is 13.0 Å². The number of rotatable bonds is 3. The lowest BCUT2D eigenvalue weighted by Gasteiger charge is -2.24. The molecule has 0 N–H and O–H groups in total. The van der Waals surface area contributed by atoms with E-state index in [1.807, 2.05) is 23.2 Å². The third-order valence-corrected chi connectivity index (χ3v) is 3.27. The number of thiol groups is 1. The fourth-order valence-corrected chi connectivity index (χ4v) is 2.44. The van der Waals surface area contributed by atoms with Crippen LogP contribution in [0.2, 0.25) is 0 Å². The van der Waals surface area contributed by atoms with Crippen molar-refractivity contribution >= 4 is 18.5 Å². The molecule has 0 radical (unpaired) electrons. The van der Waals surface area contributed by atoms with E-state index < -0.39 is 0 Å². The normalized spacial score (nSPS) is 22.5. The highest BCUT2D eigenvalue weighted by atomic mass is 32.1. The fourth-order valence-electron chi connectivity index (χ4n) is 2.11. The highest BCUT2D eigenvalue weighted by molar-refractivity contribution is 7.81. The second-order valence-corrected chi connectivity index (χ2v) is 5.05. The average Bonchev–Trinajstić information content (AvgIpc) is 2.59. The smallest absolute Gasteiger partial charge is 0.224 e. The van der Waals surface area contributed by atoms with Gasteiger partial charge in [-0.15, -0.1) is 0 Å². The van der Waals surface area contributed by atoms with E-state index in [0.29, 0.717) is 6.42 Å². The molecule has 0 saturated carbocycles. The Balaban J connectivity index is 1.98. The van der Waals surface area contributed by atoms with Crippen molar-refractivity contribution in [3.8, 4) is 0 Å². The van der Waals surface area contributed by atoms with Crippen molar-refractivity contribution in [3.63, 3.8) is 0 Å². The molecule has 0 bridgehead atoms. The van der Waals surface area contributed by atoms with Crippen LogP contribution in [-0.4, -0.2) is 33.6 Å². The van der Waals surface area contributed by atoms with Crippen molar-refractivity contribution in [3.05, 3.63) is 30.1 Å². The molecule has 86 valence electrons. The minimum atomic E-state index is 0.198. The lowest BCUT2D eigenvalue weighted by molar-refractivity contribution is -0.129. The summed E-state index contributed by atoms with van der Waals surface area (Å²) in [6.07, 6.45) is 5.05. The second-order valence-electron chi connectivity index (χ2n) is 4.32. The van der Waals surface area contributed by atoms with Crippen molar-refractivity contribution in [1.82, 2.24) is 9.88 Å². The maximum absolute atomic E-state index is 11.7. The molecule has 2 atom stereocenters. The van der Waals surface area contributed by atoms with Gasteiger partial charge in [0.2, 0.25) is 5.91 Å². The van der Waals surface area contributed by atoms with Crippen LogP contribution in [-0.2, 0) is 11.2 Å². The third kappa shape index (κ3) is 2.55.